The summed E-state index contributed by atoms with van der Waals surface area (Å²) in [5, 5.41) is 13.0. The van der Waals surface area contributed by atoms with Gasteiger partial charge in [0.1, 0.15) is 0 Å². The van der Waals surface area contributed by atoms with Gasteiger partial charge in [0.2, 0.25) is 0 Å². The first kappa shape index (κ1) is 10.6. The Labute approximate surface area is 91.9 Å². The van der Waals surface area contributed by atoms with Crippen molar-refractivity contribution >= 4 is 0 Å². The van der Waals surface area contributed by atoms with Crippen LogP contribution in [0.4, 0.5) is 4.39 Å². The normalized spacial score (nSPS) is 10.4. The summed E-state index contributed by atoms with van der Waals surface area (Å²) in [5.74, 6) is -0.251. The van der Waals surface area contributed by atoms with E-state index in [0.717, 1.165) is 0 Å². The Kier molecular flexibility index (Phi) is 2.87. The van der Waals surface area contributed by atoms with Gasteiger partial charge in [0, 0.05) is 12.3 Å². The molecule has 2 aromatic rings. The minimum atomic E-state index is -0.416. The highest BCUT2D eigenvalue weighted by Gasteiger charge is 2.06. The quantitative estimate of drug-likeness (QED) is 0.856. The average molecular weight is 222 g/mol. The van der Waals surface area contributed by atoms with E-state index in [-0.39, 0.29) is 12.4 Å². The van der Waals surface area contributed by atoms with Gasteiger partial charge in [-0.05, 0) is 18.2 Å². The maximum Gasteiger partial charge on any atom is 0.165 e. The van der Waals surface area contributed by atoms with E-state index in [4.69, 9.17) is 9.84 Å². The number of benzene rings is 1. The fraction of sp³-hybridized carbons (Fsp3) is 0.182. The summed E-state index contributed by atoms with van der Waals surface area (Å²) in [7, 11) is 1.41. The van der Waals surface area contributed by atoms with Crippen LogP contribution in [0.15, 0.2) is 30.5 Å². The molecule has 0 radical (unpaired) electrons. The second-order valence-corrected chi connectivity index (χ2v) is 3.23. The highest BCUT2D eigenvalue weighted by atomic mass is 19.1. The van der Waals surface area contributed by atoms with Crippen LogP contribution in [-0.4, -0.2) is 22.0 Å². The van der Waals surface area contributed by atoms with Crippen molar-refractivity contribution in [1.29, 1.82) is 0 Å². The van der Waals surface area contributed by atoms with Crippen molar-refractivity contribution in [3.8, 4) is 11.4 Å². The monoisotopic (exact) mass is 222 g/mol. The molecule has 0 saturated heterocycles. The Hall–Kier alpha value is -1.88. The Bertz CT molecular complexity index is 496. The smallest absolute Gasteiger partial charge is 0.165 e. The molecule has 2 rings (SSSR count). The molecule has 0 amide bonds. The van der Waals surface area contributed by atoms with E-state index in [9.17, 15) is 4.39 Å². The lowest BCUT2D eigenvalue weighted by Gasteiger charge is -2.05. The molecule has 0 fully saturated rings. The Morgan fingerprint density at radius 1 is 1.44 bits per heavy atom. The summed E-state index contributed by atoms with van der Waals surface area (Å²) in [6, 6.07) is 6.14. The van der Waals surface area contributed by atoms with Crippen LogP contribution in [0.5, 0.6) is 5.75 Å². The van der Waals surface area contributed by atoms with Gasteiger partial charge in [-0.15, -0.1) is 0 Å². The summed E-state index contributed by atoms with van der Waals surface area (Å²) in [6.07, 6.45) is 1.69. The third-order valence-electron chi connectivity index (χ3n) is 2.21. The summed E-state index contributed by atoms with van der Waals surface area (Å²) in [4.78, 5) is 0. The Morgan fingerprint density at radius 2 is 2.25 bits per heavy atom. The van der Waals surface area contributed by atoms with Crippen LogP contribution in [-0.2, 0) is 6.61 Å². The van der Waals surface area contributed by atoms with Crippen molar-refractivity contribution in [2.45, 2.75) is 6.61 Å². The molecule has 0 aliphatic heterocycles. The van der Waals surface area contributed by atoms with E-state index >= 15 is 0 Å². The molecule has 0 bridgehead atoms. The van der Waals surface area contributed by atoms with Crippen molar-refractivity contribution in [3.05, 3.63) is 42.0 Å². The average Bonchev–Trinajstić information content (AvgIpc) is 2.78. The van der Waals surface area contributed by atoms with E-state index in [1.54, 1.807) is 29.1 Å². The number of aromatic nitrogens is 2. The second-order valence-electron chi connectivity index (χ2n) is 3.23. The molecule has 1 aromatic carbocycles. The van der Waals surface area contributed by atoms with Crippen molar-refractivity contribution in [1.82, 2.24) is 9.78 Å². The Morgan fingerprint density at radius 3 is 2.88 bits per heavy atom. The van der Waals surface area contributed by atoms with Gasteiger partial charge in [-0.1, -0.05) is 0 Å². The van der Waals surface area contributed by atoms with E-state index in [1.807, 2.05) is 0 Å². The SMILES string of the molecule is COc1cc(-n2ccc(CO)n2)ccc1F. The molecule has 0 spiro atoms. The molecule has 0 atom stereocenters. The Balaban J connectivity index is 2.40. The van der Waals surface area contributed by atoms with Crippen LogP contribution in [0.3, 0.4) is 0 Å². The fourth-order valence-corrected chi connectivity index (χ4v) is 1.38. The summed E-state index contributed by atoms with van der Waals surface area (Å²) in [5.41, 5.74) is 1.24. The van der Waals surface area contributed by atoms with Crippen LogP contribution < -0.4 is 4.74 Å². The lowest BCUT2D eigenvalue weighted by Crippen LogP contribution is -1.98. The van der Waals surface area contributed by atoms with Gasteiger partial charge in [0.15, 0.2) is 11.6 Å². The van der Waals surface area contributed by atoms with Gasteiger partial charge in [0.25, 0.3) is 0 Å². The van der Waals surface area contributed by atoms with Gasteiger partial charge >= 0.3 is 0 Å². The highest BCUT2D eigenvalue weighted by molar-refractivity contribution is 5.39. The molecule has 84 valence electrons. The van der Waals surface area contributed by atoms with Crippen molar-refractivity contribution in [3.63, 3.8) is 0 Å². The maximum atomic E-state index is 13.2. The topological polar surface area (TPSA) is 47.3 Å². The lowest BCUT2D eigenvalue weighted by atomic mass is 10.3. The van der Waals surface area contributed by atoms with Gasteiger partial charge in [-0.25, -0.2) is 9.07 Å². The molecule has 1 N–H and O–H groups in total. The molecule has 0 unspecified atom stereocenters. The van der Waals surface area contributed by atoms with Crippen LogP contribution in [0, 0.1) is 5.82 Å². The minimum absolute atomic E-state index is 0.120. The van der Waals surface area contributed by atoms with Gasteiger partial charge in [0.05, 0.1) is 25.1 Å². The number of halogens is 1. The molecule has 16 heavy (non-hydrogen) atoms. The van der Waals surface area contributed by atoms with Crippen molar-refractivity contribution in [2.24, 2.45) is 0 Å². The zero-order chi connectivity index (χ0) is 11.5. The third kappa shape index (κ3) is 1.90. The first-order valence-electron chi connectivity index (χ1n) is 4.74. The zero-order valence-corrected chi connectivity index (χ0v) is 8.72. The summed E-state index contributed by atoms with van der Waals surface area (Å²) < 4.78 is 19.6. The predicted octanol–water partition coefficient (Wildman–Crippen LogP) is 1.51. The second kappa shape index (κ2) is 4.32. The van der Waals surface area contributed by atoms with Crippen molar-refractivity contribution < 1.29 is 14.2 Å². The largest absolute Gasteiger partial charge is 0.494 e. The van der Waals surface area contributed by atoms with E-state index in [0.29, 0.717) is 11.4 Å². The number of nitrogens with zero attached hydrogens (tertiary/aromatic N) is 2. The summed E-state index contributed by atoms with van der Waals surface area (Å²) >= 11 is 0. The van der Waals surface area contributed by atoms with Gasteiger partial charge in [-0.3, -0.25) is 0 Å². The molecule has 5 heteroatoms. The number of rotatable bonds is 3. The van der Waals surface area contributed by atoms with E-state index in [1.165, 1.54) is 13.2 Å². The number of hydrogen-bond donors (Lipinski definition) is 1. The molecule has 0 saturated carbocycles. The molecule has 0 aliphatic carbocycles. The van der Waals surface area contributed by atoms with Crippen LogP contribution >= 0.6 is 0 Å². The van der Waals surface area contributed by atoms with Gasteiger partial charge in [-0.2, -0.15) is 5.10 Å². The predicted molar refractivity (Wildman–Crippen MR) is 56.0 cm³/mol. The highest BCUT2D eigenvalue weighted by Crippen LogP contribution is 2.20. The van der Waals surface area contributed by atoms with Crippen LogP contribution in [0.1, 0.15) is 5.69 Å². The fourth-order valence-electron chi connectivity index (χ4n) is 1.38. The number of aliphatic hydroxyl groups excluding tert-OH is 1. The molecule has 1 aromatic heterocycles. The van der Waals surface area contributed by atoms with E-state index < -0.39 is 5.82 Å². The van der Waals surface area contributed by atoms with Crippen molar-refractivity contribution in [2.75, 3.05) is 7.11 Å². The van der Waals surface area contributed by atoms with Crippen LogP contribution in [0.25, 0.3) is 5.69 Å². The maximum absolute atomic E-state index is 13.2. The zero-order valence-electron chi connectivity index (χ0n) is 8.72. The van der Waals surface area contributed by atoms with Crippen LogP contribution in [0.2, 0.25) is 0 Å². The number of hydrogen-bond acceptors (Lipinski definition) is 3. The standard InChI is InChI=1S/C11H11FN2O2/c1-16-11-6-9(2-3-10(11)12)14-5-4-8(7-15)13-14/h2-6,15H,7H2,1H3. The number of methoxy groups -OCH3 is 1. The third-order valence-corrected chi connectivity index (χ3v) is 2.21. The molecule has 0 aliphatic rings. The summed E-state index contributed by atoms with van der Waals surface area (Å²) in [6.45, 7) is -0.120. The molecule has 1 heterocycles. The van der Waals surface area contributed by atoms with E-state index in [2.05, 4.69) is 5.10 Å². The van der Waals surface area contributed by atoms with Gasteiger partial charge < -0.3 is 9.84 Å². The molecule has 4 nitrogen and oxygen atoms in total. The number of ether oxygens (including phenoxy) is 1. The first-order chi connectivity index (χ1) is 7.74. The molecular weight excluding hydrogens is 211 g/mol. The molecular formula is C11H11FN2O2. The lowest BCUT2D eigenvalue weighted by molar-refractivity contribution is 0.276. The number of aliphatic hydroxyl groups is 1. The minimum Gasteiger partial charge on any atom is -0.494 e. The first-order valence-corrected chi connectivity index (χ1v) is 4.74.